The second-order valence-electron chi connectivity index (χ2n) is 5.94. The number of nitrogens with one attached hydrogen (secondary N) is 1. The van der Waals surface area contributed by atoms with Crippen LogP contribution in [-0.4, -0.2) is 23.7 Å². The highest BCUT2D eigenvalue weighted by Gasteiger charge is 2.28. The first kappa shape index (κ1) is 13.5. The van der Waals surface area contributed by atoms with E-state index < -0.39 is 5.60 Å². The number of esters is 1. The van der Waals surface area contributed by atoms with Gasteiger partial charge in [0.15, 0.2) is 0 Å². The zero-order chi connectivity index (χ0) is 12.3. The Balaban J connectivity index is 2.39. The number of hydrogen-bond acceptors (Lipinski definition) is 3. The molecule has 16 heavy (non-hydrogen) atoms. The molecule has 94 valence electrons. The van der Waals surface area contributed by atoms with Crippen LogP contribution in [0, 0.1) is 5.92 Å². The summed E-state index contributed by atoms with van der Waals surface area (Å²) in [7, 11) is 0. The fourth-order valence-corrected chi connectivity index (χ4v) is 2.17. The maximum absolute atomic E-state index is 11.8. The van der Waals surface area contributed by atoms with Crippen LogP contribution in [0.2, 0.25) is 0 Å². The summed E-state index contributed by atoms with van der Waals surface area (Å²) in [6, 6.07) is 0.271. The molecular formula is C13H25NO2. The minimum absolute atomic E-state index is 0.147. The van der Waals surface area contributed by atoms with Gasteiger partial charge < -0.3 is 10.1 Å². The van der Waals surface area contributed by atoms with Crippen molar-refractivity contribution in [3.63, 3.8) is 0 Å². The first-order chi connectivity index (χ1) is 7.29. The molecule has 0 aromatic heterocycles. The van der Waals surface area contributed by atoms with E-state index in [4.69, 9.17) is 4.74 Å². The molecule has 3 heteroatoms. The summed E-state index contributed by atoms with van der Waals surface area (Å²) in [5.74, 6) is 0.525. The first-order valence-corrected chi connectivity index (χ1v) is 6.28. The largest absolute Gasteiger partial charge is 0.459 e. The number of hydrogen-bond donors (Lipinski definition) is 1. The normalized spacial score (nSPS) is 27.8. The highest BCUT2D eigenvalue weighted by molar-refractivity contribution is 5.75. The molecule has 1 rings (SSSR count). The van der Waals surface area contributed by atoms with Crippen LogP contribution in [0.1, 0.15) is 53.9 Å². The van der Waals surface area contributed by atoms with Crippen LogP contribution in [0.4, 0.5) is 0 Å². The summed E-state index contributed by atoms with van der Waals surface area (Å²) in [6.45, 7) is 9.83. The lowest BCUT2D eigenvalue weighted by molar-refractivity contribution is -0.157. The average molecular weight is 227 g/mol. The summed E-state index contributed by atoms with van der Waals surface area (Å²) >= 11 is 0. The predicted molar refractivity (Wildman–Crippen MR) is 65.2 cm³/mol. The molecule has 0 heterocycles. The molecule has 1 fully saturated rings. The van der Waals surface area contributed by atoms with Crippen molar-refractivity contribution in [3.8, 4) is 0 Å². The summed E-state index contributed by atoms with van der Waals surface area (Å²) in [5, 5.41) is 3.38. The Morgan fingerprint density at radius 2 is 2.00 bits per heavy atom. The monoisotopic (exact) mass is 227 g/mol. The van der Waals surface area contributed by atoms with Gasteiger partial charge in [-0.2, -0.15) is 0 Å². The summed E-state index contributed by atoms with van der Waals surface area (Å²) < 4.78 is 5.34. The van der Waals surface area contributed by atoms with Crippen molar-refractivity contribution in [2.45, 2.75) is 71.6 Å². The average Bonchev–Trinajstić information content (AvgIpc) is 2.49. The third-order valence-electron chi connectivity index (χ3n) is 3.09. The highest BCUT2D eigenvalue weighted by Crippen LogP contribution is 2.25. The lowest BCUT2D eigenvalue weighted by Gasteiger charge is -2.26. The maximum Gasteiger partial charge on any atom is 0.323 e. The van der Waals surface area contributed by atoms with Crippen LogP contribution >= 0.6 is 0 Å². The molecule has 0 spiro atoms. The molecular weight excluding hydrogens is 202 g/mol. The van der Waals surface area contributed by atoms with Gasteiger partial charge in [0.05, 0.1) is 0 Å². The Kier molecular flexibility index (Phi) is 4.36. The Morgan fingerprint density at radius 3 is 2.44 bits per heavy atom. The van der Waals surface area contributed by atoms with Gasteiger partial charge in [-0.1, -0.05) is 13.3 Å². The Hall–Kier alpha value is -0.570. The Labute approximate surface area is 98.9 Å². The lowest BCUT2D eigenvalue weighted by Crippen LogP contribution is -2.45. The molecule has 0 aromatic rings. The molecule has 1 aliphatic carbocycles. The van der Waals surface area contributed by atoms with Crippen molar-refractivity contribution in [1.82, 2.24) is 5.32 Å². The smallest absolute Gasteiger partial charge is 0.323 e. The predicted octanol–water partition coefficient (Wildman–Crippen LogP) is 2.49. The topological polar surface area (TPSA) is 38.3 Å². The van der Waals surface area contributed by atoms with E-state index in [-0.39, 0.29) is 12.0 Å². The van der Waals surface area contributed by atoms with E-state index in [1.54, 1.807) is 0 Å². The summed E-state index contributed by atoms with van der Waals surface area (Å²) in [6.07, 6.45) is 3.70. The molecule has 0 saturated heterocycles. The van der Waals surface area contributed by atoms with Crippen LogP contribution in [-0.2, 0) is 9.53 Å². The molecule has 0 radical (unpaired) electrons. The second-order valence-corrected chi connectivity index (χ2v) is 5.94. The van der Waals surface area contributed by atoms with E-state index in [9.17, 15) is 4.79 Å². The van der Waals surface area contributed by atoms with E-state index in [0.717, 1.165) is 0 Å². The third-order valence-corrected chi connectivity index (χ3v) is 3.09. The molecule has 1 N–H and O–H groups in total. The first-order valence-electron chi connectivity index (χ1n) is 6.28. The van der Waals surface area contributed by atoms with Crippen molar-refractivity contribution >= 4 is 5.97 Å². The fraction of sp³-hybridized carbons (Fsp3) is 0.923. The second kappa shape index (κ2) is 5.17. The van der Waals surface area contributed by atoms with Crippen molar-refractivity contribution < 1.29 is 9.53 Å². The van der Waals surface area contributed by atoms with Gasteiger partial charge in [0.1, 0.15) is 11.6 Å². The van der Waals surface area contributed by atoms with Crippen molar-refractivity contribution in [2.75, 3.05) is 0 Å². The fourth-order valence-electron chi connectivity index (χ4n) is 2.17. The summed E-state index contributed by atoms with van der Waals surface area (Å²) in [4.78, 5) is 11.8. The molecule has 1 saturated carbocycles. The molecule has 3 unspecified atom stereocenters. The lowest BCUT2D eigenvalue weighted by atomic mass is 10.1. The molecule has 3 atom stereocenters. The summed E-state index contributed by atoms with van der Waals surface area (Å²) in [5.41, 5.74) is -0.395. The Bertz CT molecular complexity index is 245. The van der Waals surface area contributed by atoms with Crippen LogP contribution < -0.4 is 5.32 Å². The van der Waals surface area contributed by atoms with E-state index in [1.165, 1.54) is 19.3 Å². The zero-order valence-corrected chi connectivity index (χ0v) is 11.2. The van der Waals surface area contributed by atoms with Crippen molar-refractivity contribution in [3.05, 3.63) is 0 Å². The quantitative estimate of drug-likeness (QED) is 0.753. The number of carbonyl (C=O) groups excluding carboxylic acids is 1. The van der Waals surface area contributed by atoms with Gasteiger partial charge in [-0.25, -0.2) is 0 Å². The molecule has 1 aliphatic rings. The van der Waals surface area contributed by atoms with Crippen molar-refractivity contribution in [1.29, 1.82) is 0 Å². The number of rotatable bonds is 3. The standard InChI is InChI=1S/C13H25NO2/c1-9-7-6-8-11(9)14-10(2)12(15)16-13(3,4)5/h9-11,14H,6-8H2,1-5H3. The van der Waals surface area contributed by atoms with Crippen LogP contribution in [0.25, 0.3) is 0 Å². The molecule has 0 aromatic carbocycles. The van der Waals surface area contributed by atoms with Gasteiger partial charge in [0, 0.05) is 6.04 Å². The van der Waals surface area contributed by atoms with Gasteiger partial charge in [0.2, 0.25) is 0 Å². The molecule has 3 nitrogen and oxygen atoms in total. The van der Waals surface area contributed by atoms with Gasteiger partial charge in [-0.15, -0.1) is 0 Å². The van der Waals surface area contributed by atoms with Gasteiger partial charge >= 0.3 is 5.97 Å². The minimum atomic E-state index is -0.395. The zero-order valence-electron chi connectivity index (χ0n) is 11.2. The maximum atomic E-state index is 11.8. The van der Waals surface area contributed by atoms with Gasteiger partial charge in [-0.3, -0.25) is 4.79 Å². The van der Waals surface area contributed by atoms with E-state index in [1.807, 2.05) is 27.7 Å². The minimum Gasteiger partial charge on any atom is -0.459 e. The Morgan fingerprint density at radius 1 is 1.38 bits per heavy atom. The number of ether oxygens (including phenoxy) is 1. The molecule has 0 aliphatic heterocycles. The van der Waals surface area contributed by atoms with Crippen LogP contribution in [0.15, 0.2) is 0 Å². The van der Waals surface area contributed by atoms with Gasteiger partial charge in [0.25, 0.3) is 0 Å². The number of carbonyl (C=O) groups is 1. The highest BCUT2D eigenvalue weighted by atomic mass is 16.6. The van der Waals surface area contributed by atoms with E-state index >= 15 is 0 Å². The van der Waals surface area contributed by atoms with Crippen LogP contribution in [0.3, 0.4) is 0 Å². The van der Waals surface area contributed by atoms with E-state index in [2.05, 4.69) is 12.2 Å². The SMILES string of the molecule is CC(NC1CCCC1C)C(=O)OC(C)(C)C. The molecule has 0 bridgehead atoms. The van der Waals surface area contributed by atoms with Gasteiger partial charge in [-0.05, 0) is 46.5 Å². The van der Waals surface area contributed by atoms with Crippen molar-refractivity contribution in [2.24, 2.45) is 5.92 Å². The molecule has 0 amide bonds. The van der Waals surface area contributed by atoms with E-state index in [0.29, 0.717) is 12.0 Å². The van der Waals surface area contributed by atoms with Crippen LogP contribution in [0.5, 0.6) is 0 Å². The third kappa shape index (κ3) is 4.12.